The predicted octanol–water partition coefficient (Wildman–Crippen LogP) is 3.77. The lowest BCUT2D eigenvalue weighted by Gasteiger charge is -2.12. The smallest absolute Gasteiger partial charge is 0.269 e. The van der Waals surface area contributed by atoms with Crippen molar-refractivity contribution >= 4 is 17.6 Å². The Morgan fingerprint density at radius 1 is 1.29 bits per heavy atom. The number of fused-ring (bicyclic) bond motifs is 1. The van der Waals surface area contributed by atoms with E-state index in [4.69, 9.17) is 9.47 Å². The molecule has 0 aliphatic carbocycles. The van der Waals surface area contributed by atoms with Crippen LogP contribution in [0.15, 0.2) is 53.0 Å². The van der Waals surface area contributed by atoms with Crippen molar-refractivity contribution in [3.8, 4) is 17.7 Å². The van der Waals surface area contributed by atoms with Gasteiger partial charge in [0.1, 0.15) is 34.4 Å². The molecule has 0 bridgehead atoms. The van der Waals surface area contributed by atoms with Gasteiger partial charge in [-0.25, -0.2) is 4.39 Å². The molecule has 0 saturated carbocycles. The van der Waals surface area contributed by atoms with Crippen molar-refractivity contribution in [2.45, 2.75) is 33.3 Å². The zero-order valence-corrected chi connectivity index (χ0v) is 19.2. The first kappa shape index (κ1) is 24.6. The Labute approximate surface area is 196 Å². The van der Waals surface area contributed by atoms with E-state index < -0.39 is 17.3 Å². The number of nitrogens with one attached hydrogen (secondary N) is 1. The number of hydrogen-bond donors (Lipinski definition) is 1. The average Bonchev–Trinajstić information content (AvgIpc) is 2.80. The van der Waals surface area contributed by atoms with Gasteiger partial charge in [0.15, 0.2) is 0 Å². The molecule has 3 aromatic rings. The van der Waals surface area contributed by atoms with Crippen LogP contribution in [0.25, 0.3) is 11.7 Å². The number of hydrogen-bond acceptors (Lipinski definition) is 6. The van der Waals surface area contributed by atoms with Crippen LogP contribution in [0.5, 0.6) is 11.6 Å². The van der Waals surface area contributed by atoms with Gasteiger partial charge in [-0.3, -0.25) is 14.0 Å². The molecular formula is C25H25FN4O4. The second-order valence-corrected chi connectivity index (χ2v) is 7.78. The molecule has 0 fully saturated rings. The highest BCUT2D eigenvalue weighted by atomic mass is 19.1. The lowest BCUT2D eigenvalue weighted by Crippen LogP contribution is -2.27. The number of pyridine rings is 1. The topological polar surface area (TPSA) is 106 Å². The van der Waals surface area contributed by atoms with E-state index in [9.17, 15) is 19.2 Å². The summed E-state index contributed by atoms with van der Waals surface area (Å²) in [5, 5.41) is 12.2. The third-order valence-electron chi connectivity index (χ3n) is 4.79. The number of nitriles is 1. The van der Waals surface area contributed by atoms with Gasteiger partial charge in [0.05, 0.1) is 6.10 Å². The molecule has 9 heteroatoms. The Morgan fingerprint density at radius 2 is 2.03 bits per heavy atom. The van der Waals surface area contributed by atoms with Crippen LogP contribution in [0.4, 0.5) is 4.39 Å². The Bertz CT molecular complexity index is 1310. The number of carbonyl (C=O) groups is 1. The number of ether oxygens (including phenoxy) is 2. The highest BCUT2D eigenvalue weighted by Gasteiger charge is 2.18. The van der Waals surface area contributed by atoms with Gasteiger partial charge in [0.25, 0.3) is 11.5 Å². The molecule has 176 valence electrons. The van der Waals surface area contributed by atoms with Gasteiger partial charge in [-0.05, 0) is 69.2 Å². The van der Waals surface area contributed by atoms with E-state index in [0.717, 1.165) is 11.6 Å². The maximum atomic E-state index is 13.3. The summed E-state index contributed by atoms with van der Waals surface area (Å²) < 4.78 is 25.8. The molecule has 0 atom stereocenters. The van der Waals surface area contributed by atoms with Crippen molar-refractivity contribution in [1.82, 2.24) is 14.7 Å². The third-order valence-corrected chi connectivity index (χ3v) is 4.79. The predicted molar refractivity (Wildman–Crippen MR) is 125 cm³/mol. The molecule has 34 heavy (non-hydrogen) atoms. The number of carbonyl (C=O) groups excluding carboxylic acids is 1. The molecule has 0 unspecified atom stereocenters. The van der Waals surface area contributed by atoms with Gasteiger partial charge in [-0.2, -0.15) is 10.2 Å². The van der Waals surface area contributed by atoms with Crippen molar-refractivity contribution < 1.29 is 18.7 Å². The van der Waals surface area contributed by atoms with Crippen LogP contribution in [0, 0.1) is 24.1 Å². The minimum absolute atomic E-state index is 0.0812. The largest absolute Gasteiger partial charge is 0.438 e. The van der Waals surface area contributed by atoms with Crippen molar-refractivity contribution in [2.75, 3.05) is 13.2 Å². The monoisotopic (exact) mass is 464 g/mol. The zero-order valence-electron chi connectivity index (χ0n) is 19.2. The maximum absolute atomic E-state index is 13.3. The number of aromatic nitrogens is 2. The van der Waals surface area contributed by atoms with Crippen LogP contribution in [0.1, 0.15) is 31.4 Å². The number of amides is 1. The summed E-state index contributed by atoms with van der Waals surface area (Å²) in [6, 6.07) is 10.5. The molecule has 3 rings (SSSR count). The van der Waals surface area contributed by atoms with E-state index in [-0.39, 0.29) is 28.9 Å². The van der Waals surface area contributed by atoms with E-state index in [1.807, 2.05) is 19.9 Å². The molecular weight excluding hydrogens is 439 g/mol. The van der Waals surface area contributed by atoms with Crippen molar-refractivity contribution in [3.05, 3.63) is 75.5 Å². The van der Waals surface area contributed by atoms with Gasteiger partial charge in [-0.1, -0.05) is 6.07 Å². The van der Waals surface area contributed by atoms with Crippen molar-refractivity contribution in [2.24, 2.45) is 0 Å². The zero-order chi connectivity index (χ0) is 24.7. The summed E-state index contributed by atoms with van der Waals surface area (Å²) in [4.78, 5) is 30.3. The molecule has 1 amide bonds. The van der Waals surface area contributed by atoms with Gasteiger partial charge in [0, 0.05) is 19.3 Å². The third kappa shape index (κ3) is 6.05. The molecule has 8 nitrogen and oxygen atoms in total. The molecule has 2 aromatic heterocycles. The number of halogens is 1. The van der Waals surface area contributed by atoms with E-state index in [0.29, 0.717) is 25.2 Å². The fraction of sp³-hybridized carbons (Fsp3) is 0.280. The lowest BCUT2D eigenvalue weighted by atomic mass is 10.1. The van der Waals surface area contributed by atoms with E-state index in [1.165, 1.54) is 34.9 Å². The average molecular weight is 464 g/mol. The lowest BCUT2D eigenvalue weighted by molar-refractivity contribution is -0.117. The summed E-state index contributed by atoms with van der Waals surface area (Å²) >= 11 is 0. The van der Waals surface area contributed by atoms with Gasteiger partial charge < -0.3 is 14.8 Å². The minimum atomic E-state index is -0.631. The van der Waals surface area contributed by atoms with E-state index in [2.05, 4.69) is 10.3 Å². The second kappa shape index (κ2) is 11.2. The molecule has 0 aliphatic heterocycles. The molecule has 1 aromatic carbocycles. The van der Waals surface area contributed by atoms with Crippen LogP contribution in [0.2, 0.25) is 0 Å². The van der Waals surface area contributed by atoms with E-state index >= 15 is 0 Å². The molecule has 0 aliphatic rings. The Hall–Kier alpha value is -4.03. The van der Waals surface area contributed by atoms with Crippen molar-refractivity contribution in [3.63, 3.8) is 0 Å². The highest BCUT2D eigenvalue weighted by molar-refractivity contribution is 6.01. The van der Waals surface area contributed by atoms with Crippen LogP contribution < -0.4 is 15.6 Å². The summed E-state index contributed by atoms with van der Waals surface area (Å²) in [6.07, 6.45) is 3.35. The van der Waals surface area contributed by atoms with Crippen LogP contribution in [-0.4, -0.2) is 34.5 Å². The number of aryl methyl sites for hydroxylation is 1. The number of rotatable bonds is 9. The first-order chi connectivity index (χ1) is 16.3. The molecule has 0 radical (unpaired) electrons. The Balaban J connectivity index is 1.98. The summed E-state index contributed by atoms with van der Waals surface area (Å²) in [5.41, 5.74) is 0.204. The molecule has 2 heterocycles. The van der Waals surface area contributed by atoms with Crippen LogP contribution >= 0.6 is 0 Å². The highest BCUT2D eigenvalue weighted by Crippen LogP contribution is 2.25. The fourth-order valence-corrected chi connectivity index (χ4v) is 3.09. The number of nitrogens with zero attached hydrogens (tertiary/aromatic N) is 3. The SMILES string of the molecule is Cc1cccn2c(=O)c(C=C(C#N)C(=O)NCCCOC(C)C)c(Oc3ccc(F)cc3)nc12. The summed E-state index contributed by atoms with van der Waals surface area (Å²) in [6.45, 7) is 6.39. The fourth-order valence-electron chi connectivity index (χ4n) is 3.09. The Morgan fingerprint density at radius 3 is 2.71 bits per heavy atom. The first-order valence-electron chi connectivity index (χ1n) is 10.8. The van der Waals surface area contributed by atoms with Crippen LogP contribution in [0.3, 0.4) is 0 Å². The Kier molecular flexibility index (Phi) is 8.11. The standard InChI is InChI=1S/C25H25FN4O4/c1-16(2)33-13-5-11-28-23(31)18(15-27)14-21-24(34-20-9-7-19(26)8-10-20)29-22-17(3)6-4-12-30(22)25(21)32/h4,6-10,12,14,16H,5,11,13H2,1-3H3,(H,28,31). The van der Waals surface area contributed by atoms with Gasteiger partial charge >= 0.3 is 0 Å². The minimum Gasteiger partial charge on any atom is -0.438 e. The molecule has 0 spiro atoms. The van der Waals surface area contributed by atoms with E-state index in [1.54, 1.807) is 19.1 Å². The quantitative estimate of drug-likeness (QED) is 0.294. The summed E-state index contributed by atoms with van der Waals surface area (Å²) in [5.74, 6) is -0.934. The van der Waals surface area contributed by atoms with Crippen LogP contribution in [-0.2, 0) is 9.53 Å². The normalized spacial score (nSPS) is 11.5. The number of benzene rings is 1. The van der Waals surface area contributed by atoms with Gasteiger partial charge in [-0.15, -0.1) is 0 Å². The second-order valence-electron chi connectivity index (χ2n) is 7.78. The molecule has 0 saturated heterocycles. The first-order valence-corrected chi connectivity index (χ1v) is 10.8. The van der Waals surface area contributed by atoms with Crippen molar-refractivity contribution in [1.29, 1.82) is 5.26 Å². The van der Waals surface area contributed by atoms with Gasteiger partial charge in [0.2, 0.25) is 5.88 Å². The maximum Gasteiger partial charge on any atom is 0.269 e. The molecule has 1 N–H and O–H groups in total. The summed E-state index contributed by atoms with van der Waals surface area (Å²) in [7, 11) is 0.